The van der Waals surface area contributed by atoms with Crippen LogP contribution in [-0.2, 0) is 16.6 Å². The molecule has 0 unspecified atom stereocenters. The van der Waals surface area contributed by atoms with E-state index in [0.29, 0.717) is 11.4 Å². The van der Waals surface area contributed by atoms with E-state index in [0.717, 1.165) is 4.31 Å². The lowest BCUT2D eigenvalue weighted by molar-refractivity contribution is 0.0865. The van der Waals surface area contributed by atoms with Gasteiger partial charge in [0.05, 0.1) is 12.1 Å². The van der Waals surface area contributed by atoms with Gasteiger partial charge in [-0.05, 0) is 29.8 Å². The van der Waals surface area contributed by atoms with E-state index in [9.17, 15) is 13.2 Å². The van der Waals surface area contributed by atoms with Gasteiger partial charge in [0.25, 0.3) is 15.9 Å². The monoisotopic (exact) mass is 304 g/mol. The van der Waals surface area contributed by atoms with Gasteiger partial charge in [0, 0.05) is 19.4 Å². The fraction of sp³-hybridized carbons (Fsp3) is 0.154. The standard InChI is InChI=1S/C13H12N4O3S/c1-14-11-7-9(4-6-15-11)8-17-13(18)10-3-2-5-16-12(10)21(17,19)20/h2-7H,8H2,1H3,(H,14,15). The number of hydrogen-bond donors (Lipinski definition) is 1. The van der Waals surface area contributed by atoms with E-state index in [-0.39, 0.29) is 17.1 Å². The summed E-state index contributed by atoms with van der Waals surface area (Å²) in [6.45, 7) is -0.0469. The van der Waals surface area contributed by atoms with E-state index in [1.54, 1.807) is 31.4 Å². The van der Waals surface area contributed by atoms with Crippen LogP contribution in [0.1, 0.15) is 15.9 Å². The molecule has 8 heteroatoms. The maximum absolute atomic E-state index is 12.4. The van der Waals surface area contributed by atoms with Crippen LogP contribution in [0.25, 0.3) is 0 Å². The van der Waals surface area contributed by atoms with Crippen molar-refractivity contribution in [1.82, 2.24) is 14.3 Å². The van der Waals surface area contributed by atoms with Gasteiger partial charge in [-0.15, -0.1) is 0 Å². The number of carbonyl (C=O) groups is 1. The van der Waals surface area contributed by atoms with Crippen LogP contribution in [-0.4, -0.2) is 35.6 Å². The smallest absolute Gasteiger partial charge is 0.285 e. The van der Waals surface area contributed by atoms with Gasteiger partial charge in [-0.2, -0.15) is 8.42 Å². The second-order valence-electron chi connectivity index (χ2n) is 4.47. The SMILES string of the molecule is CNc1cc(CN2C(=O)c3cccnc3S2(=O)=O)ccn1. The van der Waals surface area contributed by atoms with Crippen LogP contribution in [0.15, 0.2) is 41.7 Å². The number of amides is 1. The van der Waals surface area contributed by atoms with Crippen molar-refractivity contribution in [1.29, 1.82) is 0 Å². The molecule has 3 heterocycles. The molecule has 0 saturated heterocycles. The number of sulfonamides is 1. The van der Waals surface area contributed by atoms with Crippen molar-refractivity contribution in [2.75, 3.05) is 12.4 Å². The zero-order chi connectivity index (χ0) is 15.0. The first-order chi connectivity index (χ1) is 10.0. The number of rotatable bonds is 3. The largest absolute Gasteiger partial charge is 0.373 e. The fourth-order valence-corrected chi connectivity index (χ4v) is 3.61. The van der Waals surface area contributed by atoms with Crippen LogP contribution in [0.2, 0.25) is 0 Å². The van der Waals surface area contributed by atoms with Crippen molar-refractivity contribution >= 4 is 21.7 Å². The van der Waals surface area contributed by atoms with Crippen molar-refractivity contribution in [2.24, 2.45) is 0 Å². The highest BCUT2D eigenvalue weighted by Gasteiger charge is 2.42. The third-order valence-electron chi connectivity index (χ3n) is 3.17. The first-order valence-electron chi connectivity index (χ1n) is 6.19. The Morgan fingerprint density at radius 3 is 2.76 bits per heavy atom. The molecule has 1 amide bonds. The molecule has 21 heavy (non-hydrogen) atoms. The molecule has 2 aromatic heterocycles. The van der Waals surface area contributed by atoms with E-state index < -0.39 is 15.9 Å². The molecule has 0 spiro atoms. The third-order valence-corrected chi connectivity index (χ3v) is 4.86. The molecule has 3 rings (SSSR count). The van der Waals surface area contributed by atoms with Gasteiger partial charge >= 0.3 is 0 Å². The van der Waals surface area contributed by atoms with Crippen LogP contribution in [0.4, 0.5) is 5.82 Å². The third kappa shape index (κ3) is 2.13. The Kier molecular flexibility index (Phi) is 3.09. The molecule has 0 saturated carbocycles. The Bertz CT molecular complexity index is 820. The molecule has 0 bridgehead atoms. The number of nitrogens with one attached hydrogen (secondary N) is 1. The summed E-state index contributed by atoms with van der Waals surface area (Å²) >= 11 is 0. The Balaban J connectivity index is 1.99. The highest BCUT2D eigenvalue weighted by Crippen LogP contribution is 2.29. The quantitative estimate of drug-likeness (QED) is 0.904. The minimum Gasteiger partial charge on any atom is -0.373 e. The number of fused-ring (bicyclic) bond motifs is 1. The Labute approximate surface area is 121 Å². The predicted octanol–water partition coefficient (Wildman–Crippen LogP) is 0.863. The van der Waals surface area contributed by atoms with Crippen molar-refractivity contribution in [3.8, 4) is 0 Å². The molecule has 1 N–H and O–H groups in total. The number of nitrogens with zero attached hydrogens (tertiary/aromatic N) is 3. The second-order valence-corrected chi connectivity index (χ2v) is 6.25. The molecule has 0 fully saturated rings. The summed E-state index contributed by atoms with van der Waals surface area (Å²) in [7, 11) is -2.17. The number of pyridine rings is 2. The van der Waals surface area contributed by atoms with E-state index >= 15 is 0 Å². The minimum absolute atomic E-state index is 0.0469. The first kappa shape index (κ1) is 13.5. The average molecular weight is 304 g/mol. The Hall–Kier alpha value is -2.48. The molecule has 0 aliphatic carbocycles. The van der Waals surface area contributed by atoms with E-state index in [2.05, 4.69) is 15.3 Å². The molecule has 0 atom stereocenters. The molecule has 0 radical (unpaired) electrons. The van der Waals surface area contributed by atoms with E-state index in [1.807, 2.05) is 0 Å². The van der Waals surface area contributed by atoms with Crippen LogP contribution in [0.3, 0.4) is 0 Å². The summed E-state index contributed by atoms with van der Waals surface area (Å²) < 4.78 is 25.6. The maximum atomic E-state index is 12.4. The molecule has 1 aliphatic heterocycles. The predicted molar refractivity (Wildman–Crippen MR) is 75.1 cm³/mol. The zero-order valence-corrected chi connectivity index (χ0v) is 12.0. The molecule has 1 aliphatic rings. The zero-order valence-electron chi connectivity index (χ0n) is 11.1. The summed E-state index contributed by atoms with van der Waals surface area (Å²) in [5.41, 5.74) is 0.777. The number of anilines is 1. The fourth-order valence-electron chi connectivity index (χ4n) is 2.14. The summed E-state index contributed by atoms with van der Waals surface area (Å²) in [5, 5.41) is 2.68. The first-order valence-corrected chi connectivity index (χ1v) is 7.63. The summed E-state index contributed by atoms with van der Waals surface area (Å²) in [6.07, 6.45) is 2.92. The normalized spacial score (nSPS) is 15.9. The van der Waals surface area contributed by atoms with Gasteiger partial charge in [0.15, 0.2) is 5.03 Å². The van der Waals surface area contributed by atoms with Gasteiger partial charge in [-0.1, -0.05) is 0 Å². The van der Waals surface area contributed by atoms with Gasteiger partial charge in [0.2, 0.25) is 0 Å². The number of carbonyl (C=O) groups excluding carboxylic acids is 1. The van der Waals surface area contributed by atoms with Crippen LogP contribution < -0.4 is 5.32 Å². The van der Waals surface area contributed by atoms with Crippen molar-refractivity contribution < 1.29 is 13.2 Å². The summed E-state index contributed by atoms with van der Waals surface area (Å²) in [5.74, 6) is 0.0492. The minimum atomic E-state index is -3.88. The van der Waals surface area contributed by atoms with E-state index in [1.165, 1.54) is 12.3 Å². The molecule has 2 aromatic rings. The second kappa shape index (κ2) is 4.81. The van der Waals surface area contributed by atoms with Crippen molar-refractivity contribution in [3.63, 3.8) is 0 Å². The Morgan fingerprint density at radius 2 is 2.05 bits per heavy atom. The average Bonchev–Trinajstić information content (AvgIpc) is 2.69. The molecule has 0 aromatic carbocycles. The lowest BCUT2D eigenvalue weighted by Crippen LogP contribution is -2.29. The number of aromatic nitrogens is 2. The lowest BCUT2D eigenvalue weighted by Gasteiger charge is -2.15. The van der Waals surface area contributed by atoms with Crippen molar-refractivity contribution in [2.45, 2.75) is 11.6 Å². The van der Waals surface area contributed by atoms with Gasteiger partial charge in [0.1, 0.15) is 5.82 Å². The van der Waals surface area contributed by atoms with Crippen LogP contribution in [0, 0.1) is 0 Å². The lowest BCUT2D eigenvalue weighted by atomic mass is 10.2. The van der Waals surface area contributed by atoms with Gasteiger partial charge in [-0.25, -0.2) is 14.3 Å². The van der Waals surface area contributed by atoms with Crippen LogP contribution >= 0.6 is 0 Å². The summed E-state index contributed by atoms with van der Waals surface area (Å²) in [6, 6.07) is 6.37. The highest BCUT2D eigenvalue weighted by molar-refractivity contribution is 7.90. The van der Waals surface area contributed by atoms with Gasteiger partial charge < -0.3 is 5.32 Å². The topological polar surface area (TPSA) is 92.3 Å². The molecular formula is C13H12N4O3S. The van der Waals surface area contributed by atoms with Crippen molar-refractivity contribution in [3.05, 3.63) is 47.8 Å². The maximum Gasteiger partial charge on any atom is 0.285 e. The molecule has 108 valence electrons. The molecular weight excluding hydrogens is 292 g/mol. The van der Waals surface area contributed by atoms with E-state index in [4.69, 9.17) is 0 Å². The molecule has 7 nitrogen and oxygen atoms in total. The van der Waals surface area contributed by atoms with Gasteiger partial charge in [-0.3, -0.25) is 4.79 Å². The summed E-state index contributed by atoms with van der Waals surface area (Å²) in [4.78, 5) is 20.1. The van der Waals surface area contributed by atoms with Crippen LogP contribution in [0.5, 0.6) is 0 Å². The highest BCUT2D eigenvalue weighted by atomic mass is 32.2. The Morgan fingerprint density at radius 1 is 1.24 bits per heavy atom. The number of hydrogen-bond acceptors (Lipinski definition) is 6.